The van der Waals surface area contributed by atoms with Gasteiger partial charge in [-0.05, 0) is 11.6 Å². The predicted molar refractivity (Wildman–Crippen MR) is 95.8 cm³/mol. The second kappa shape index (κ2) is 6.33. The van der Waals surface area contributed by atoms with Gasteiger partial charge < -0.3 is 5.32 Å². The number of aromatic amines is 1. The van der Waals surface area contributed by atoms with Crippen molar-refractivity contribution in [3.63, 3.8) is 0 Å². The zero-order valence-electron chi connectivity index (χ0n) is 13.7. The average Bonchev–Trinajstić information content (AvgIpc) is 3.16. The molecule has 0 saturated carbocycles. The number of hydrogen-bond acceptors (Lipinski definition) is 6. The van der Waals surface area contributed by atoms with Crippen molar-refractivity contribution in [2.45, 2.75) is 6.42 Å². The minimum atomic E-state index is -0.611. The lowest BCUT2D eigenvalue weighted by molar-refractivity contribution is -0.384. The summed E-state index contributed by atoms with van der Waals surface area (Å²) in [4.78, 5) is 34.8. The first kappa shape index (κ1) is 16.4. The summed E-state index contributed by atoms with van der Waals surface area (Å²) in [5.41, 5.74) is 0.678. The molecule has 0 atom stereocenters. The fourth-order valence-electron chi connectivity index (χ4n) is 2.77. The Bertz CT molecular complexity index is 1150. The Hall–Kier alpha value is -4.08. The quantitative estimate of drug-likeness (QED) is 0.531. The number of rotatable bonds is 4. The van der Waals surface area contributed by atoms with Crippen LogP contribution in [0.25, 0.3) is 0 Å². The van der Waals surface area contributed by atoms with E-state index in [0.29, 0.717) is 17.9 Å². The van der Waals surface area contributed by atoms with Crippen LogP contribution in [0.3, 0.4) is 0 Å². The summed E-state index contributed by atoms with van der Waals surface area (Å²) in [7, 11) is 0. The average molecular weight is 364 g/mol. The highest BCUT2D eigenvalue weighted by atomic mass is 16.6. The van der Waals surface area contributed by atoms with E-state index in [-0.39, 0.29) is 17.0 Å². The molecule has 2 heterocycles. The molecule has 0 fully saturated rings. The van der Waals surface area contributed by atoms with Gasteiger partial charge in [-0.1, -0.05) is 30.3 Å². The summed E-state index contributed by atoms with van der Waals surface area (Å²) in [5, 5.41) is 24.0. The lowest BCUT2D eigenvalue weighted by Gasteiger charge is -2.02. The maximum absolute atomic E-state index is 12.3. The summed E-state index contributed by atoms with van der Waals surface area (Å²) >= 11 is 0. The summed E-state index contributed by atoms with van der Waals surface area (Å²) in [6.07, 6.45) is 0.319. The zero-order valence-corrected chi connectivity index (χ0v) is 13.7. The Kier molecular flexibility index (Phi) is 3.84. The van der Waals surface area contributed by atoms with E-state index >= 15 is 0 Å². The molecule has 134 valence electrons. The van der Waals surface area contributed by atoms with Crippen LogP contribution in [0.4, 0.5) is 11.4 Å². The number of aromatic nitrogens is 3. The SMILES string of the molecule is O=C1Nc2ccc([N+](=O)[O-])cc2/C1=N\n1c(Cc2ccccc2)n[nH]c1=O. The van der Waals surface area contributed by atoms with Gasteiger partial charge in [-0.2, -0.15) is 14.9 Å². The molecule has 10 nitrogen and oxygen atoms in total. The number of amides is 1. The maximum Gasteiger partial charge on any atom is 0.364 e. The number of nitro benzene ring substituents is 1. The Morgan fingerprint density at radius 3 is 2.67 bits per heavy atom. The van der Waals surface area contributed by atoms with E-state index in [1.807, 2.05) is 30.3 Å². The van der Waals surface area contributed by atoms with Crippen LogP contribution in [0.15, 0.2) is 58.4 Å². The fraction of sp³-hybridized carbons (Fsp3) is 0.0588. The predicted octanol–water partition coefficient (Wildman–Crippen LogP) is 1.27. The van der Waals surface area contributed by atoms with Crippen molar-refractivity contribution in [1.29, 1.82) is 0 Å². The van der Waals surface area contributed by atoms with Gasteiger partial charge in [0.15, 0.2) is 11.5 Å². The van der Waals surface area contributed by atoms with Crippen LogP contribution < -0.4 is 11.0 Å². The molecule has 0 unspecified atom stereocenters. The lowest BCUT2D eigenvalue weighted by atomic mass is 10.1. The molecular formula is C17H12N6O4. The van der Waals surface area contributed by atoms with E-state index in [0.717, 1.165) is 10.2 Å². The minimum absolute atomic E-state index is 0.0912. The number of non-ortho nitro benzene ring substituents is 1. The van der Waals surface area contributed by atoms with Gasteiger partial charge in [0, 0.05) is 24.1 Å². The van der Waals surface area contributed by atoms with Crippen LogP contribution in [0, 0.1) is 10.1 Å². The molecule has 10 heteroatoms. The number of hydrogen-bond donors (Lipinski definition) is 2. The third-order valence-electron chi connectivity index (χ3n) is 4.05. The molecule has 1 aliphatic rings. The summed E-state index contributed by atoms with van der Waals surface area (Å²) in [5.74, 6) is -0.241. The van der Waals surface area contributed by atoms with Crippen molar-refractivity contribution in [1.82, 2.24) is 14.9 Å². The van der Waals surface area contributed by atoms with Gasteiger partial charge in [-0.25, -0.2) is 9.89 Å². The number of carbonyl (C=O) groups excluding carboxylic acids is 1. The zero-order chi connectivity index (χ0) is 19.0. The van der Waals surface area contributed by atoms with E-state index in [1.165, 1.54) is 18.2 Å². The van der Waals surface area contributed by atoms with E-state index in [1.54, 1.807) is 0 Å². The molecule has 3 aromatic rings. The topological polar surface area (TPSA) is 135 Å². The third kappa shape index (κ3) is 2.99. The second-order valence-corrected chi connectivity index (χ2v) is 5.81. The van der Waals surface area contributed by atoms with E-state index in [2.05, 4.69) is 20.6 Å². The molecule has 0 radical (unpaired) electrons. The second-order valence-electron chi connectivity index (χ2n) is 5.81. The number of nitrogens with zero attached hydrogens (tertiary/aromatic N) is 4. The van der Waals surface area contributed by atoms with Crippen LogP contribution in [0.2, 0.25) is 0 Å². The highest BCUT2D eigenvalue weighted by Gasteiger charge is 2.29. The van der Waals surface area contributed by atoms with Gasteiger partial charge in [0.05, 0.1) is 10.6 Å². The van der Waals surface area contributed by atoms with E-state index in [9.17, 15) is 19.7 Å². The number of anilines is 1. The van der Waals surface area contributed by atoms with Gasteiger partial charge in [0.25, 0.3) is 11.6 Å². The molecule has 0 spiro atoms. The first-order chi connectivity index (χ1) is 13.0. The molecule has 1 aliphatic heterocycles. The van der Waals surface area contributed by atoms with Gasteiger partial charge >= 0.3 is 5.69 Å². The van der Waals surface area contributed by atoms with E-state index in [4.69, 9.17) is 0 Å². The van der Waals surface area contributed by atoms with Gasteiger partial charge in [0.2, 0.25) is 0 Å². The van der Waals surface area contributed by atoms with Crippen LogP contribution in [0.1, 0.15) is 17.0 Å². The number of fused-ring (bicyclic) bond motifs is 1. The number of H-pyrrole nitrogens is 1. The maximum atomic E-state index is 12.3. The number of nitro groups is 1. The third-order valence-corrected chi connectivity index (χ3v) is 4.05. The fourth-order valence-corrected chi connectivity index (χ4v) is 2.77. The monoisotopic (exact) mass is 364 g/mol. The standard InChI is InChI=1S/C17H12N6O4/c24-16-15(12-9-11(23(26)27)6-7-13(12)18-16)21-22-14(19-20-17(22)25)8-10-4-2-1-3-5-10/h1-7,9H,8H2,(H,20,25)(H,18,21,24). The molecule has 27 heavy (non-hydrogen) atoms. The normalized spacial score (nSPS) is 14.2. The Morgan fingerprint density at radius 2 is 1.93 bits per heavy atom. The number of nitrogens with one attached hydrogen (secondary N) is 2. The largest absolute Gasteiger partial charge is 0.364 e. The first-order valence-corrected chi connectivity index (χ1v) is 7.92. The summed E-state index contributed by atoms with van der Waals surface area (Å²) in [6, 6.07) is 13.3. The van der Waals surface area contributed by atoms with Gasteiger partial charge in [-0.3, -0.25) is 14.9 Å². The molecule has 2 N–H and O–H groups in total. The van der Waals surface area contributed by atoms with Crippen molar-refractivity contribution in [3.05, 3.63) is 86.1 Å². The molecular weight excluding hydrogens is 352 g/mol. The van der Waals surface area contributed by atoms with Crippen molar-refractivity contribution in [3.8, 4) is 0 Å². The lowest BCUT2D eigenvalue weighted by Crippen LogP contribution is -2.21. The Morgan fingerprint density at radius 1 is 1.15 bits per heavy atom. The highest BCUT2D eigenvalue weighted by Crippen LogP contribution is 2.27. The highest BCUT2D eigenvalue weighted by molar-refractivity contribution is 6.53. The van der Waals surface area contributed by atoms with Crippen LogP contribution in [-0.4, -0.2) is 31.4 Å². The molecule has 1 amide bonds. The van der Waals surface area contributed by atoms with E-state index < -0.39 is 16.5 Å². The molecule has 0 aliphatic carbocycles. The molecule has 0 saturated heterocycles. The van der Waals surface area contributed by atoms with Gasteiger partial charge in [-0.15, -0.1) is 0 Å². The molecule has 1 aromatic heterocycles. The van der Waals surface area contributed by atoms with Crippen LogP contribution >= 0.6 is 0 Å². The molecule has 4 rings (SSSR count). The Labute approximate surface area is 151 Å². The van der Waals surface area contributed by atoms with Gasteiger partial charge in [0.1, 0.15) is 0 Å². The number of carbonyl (C=O) groups is 1. The van der Waals surface area contributed by atoms with Crippen LogP contribution in [0.5, 0.6) is 0 Å². The summed E-state index contributed by atoms with van der Waals surface area (Å²) < 4.78 is 0.996. The van der Waals surface area contributed by atoms with Crippen LogP contribution in [-0.2, 0) is 11.2 Å². The summed E-state index contributed by atoms with van der Waals surface area (Å²) in [6.45, 7) is 0. The Balaban J connectivity index is 1.78. The smallest absolute Gasteiger partial charge is 0.320 e. The van der Waals surface area contributed by atoms with Crippen molar-refractivity contribution >= 4 is 23.0 Å². The minimum Gasteiger partial charge on any atom is -0.320 e. The molecule has 2 aromatic carbocycles. The first-order valence-electron chi connectivity index (χ1n) is 7.92. The van der Waals surface area contributed by atoms with Crippen molar-refractivity contribution < 1.29 is 9.72 Å². The number of benzene rings is 2. The molecule has 0 bridgehead atoms. The van der Waals surface area contributed by atoms with Crippen molar-refractivity contribution in [2.75, 3.05) is 5.32 Å². The van der Waals surface area contributed by atoms with Crippen molar-refractivity contribution in [2.24, 2.45) is 5.10 Å².